The second-order valence-corrected chi connectivity index (χ2v) is 8.11. The molecular weight excluding hydrogens is 539 g/mol. The van der Waals surface area contributed by atoms with Crippen molar-refractivity contribution in [1.29, 1.82) is 0 Å². The molecule has 2 aromatic heterocycles. The van der Waals surface area contributed by atoms with Gasteiger partial charge in [-0.2, -0.15) is 0 Å². The molecule has 0 aliphatic rings. The first-order valence-electron chi connectivity index (χ1n) is 9.55. The highest BCUT2D eigenvalue weighted by Crippen LogP contribution is 2.29. The van der Waals surface area contributed by atoms with Gasteiger partial charge in [0, 0.05) is 34.8 Å². The van der Waals surface area contributed by atoms with Crippen molar-refractivity contribution in [2.75, 3.05) is 8.43 Å². The first kappa shape index (κ1) is 21.9. The van der Waals surface area contributed by atoms with E-state index in [-0.39, 0.29) is 11.8 Å². The van der Waals surface area contributed by atoms with Crippen LogP contribution in [0.3, 0.4) is 0 Å². The smallest absolute Gasteiger partial charge is 0.267 e. The molecule has 0 unspecified atom stereocenters. The fourth-order valence-corrected chi connectivity index (χ4v) is 3.77. The molecule has 2 heterocycles. The zero-order valence-electron chi connectivity index (χ0n) is 16.6. The molecule has 158 valence electrons. The summed E-state index contributed by atoms with van der Waals surface area (Å²) < 4.78 is 1.48. The van der Waals surface area contributed by atoms with Crippen molar-refractivity contribution in [1.82, 2.24) is 9.97 Å². The molecule has 0 fully saturated rings. The van der Waals surface area contributed by atoms with Gasteiger partial charge in [-0.05, 0) is 66.7 Å². The van der Waals surface area contributed by atoms with Crippen LogP contribution in [-0.4, -0.2) is 21.8 Å². The number of halogens is 2. The van der Waals surface area contributed by atoms with Crippen molar-refractivity contribution >= 4 is 57.7 Å². The molecule has 0 aliphatic carbocycles. The van der Waals surface area contributed by atoms with Crippen molar-refractivity contribution in [2.24, 2.45) is 0 Å². The Bertz CT molecular complexity index is 1250. The number of nitrogens with zero attached hydrogens (tertiary/aromatic N) is 3. The quantitative estimate of drug-likeness (QED) is 0.241. The molecule has 0 spiro atoms. The van der Waals surface area contributed by atoms with Gasteiger partial charge in [0.25, 0.3) is 11.8 Å². The lowest BCUT2D eigenvalue weighted by Gasteiger charge is -2.14. The number of carbonyl (C=O) groups is 2. The fourth-order valence-electron chi connectivity index (χ4n) is 2.99. The van der Waals surface area contributed by atoms with Crippen molar-refractivity contribution in [3.63, 3.8) is 0 Å². The molecule has 0 aliphatic heterocycles. The Balaban J connectivity index is 1.48. The SMILES string of the molecule is O=C(Nc1ccc(Cl)c(-c2ccccn2)c1)c1ccc(C(=O)N(I)c2cccnc2)cc1. The predicted octanol–water partition coefficient (Wildman–Crippen LogP) is 6.05. The van der Waals surface area contributed by atoms with Gasteiger partial charge in [0.05, 0.1) is 45.5 Å². The topological polar surface area (TPSA) is 75.2 Å². The average Bonchev–Trinajstić information content (AvgIpc) is 2.85. The zero-order valence-corrected chi connectivity index (χ0v) is 19.5. The second kappa shape index (κ2) is 9.88. The summed E-state index contributed by atoms with van der Waals surface area (Å²) in [7, 11) is 0. The van der Waals surface area contributed by atoms with E-state index in [0.29, 0.717) is 33.2 Å². The van der Waals surface area contributed by atoms with E-state index in [0.717, 1.165) is 5.56 Å². The molecule has 8 heteroatoms. The summed E-state index contributed by atoms with van der Waals surface area (Å²) in [6.07, 6.45) is 4.94. The van der Waals surface area contributed by atoms with Gasteiger partial charge in [0.1, 0.15) is 0 Å². The maximum Gasteiger partial charge on any atom is 0.267 e. The third-order valence-electron chi connectivity index (χ3n) is 4.61. The third kappa shape index (κ3) is 4.95. The summed E-state index contributed by atoms with van der Waals surface area (Å²) in [5.41, 5.74) is 3.60. The minimum atomic E-state index is -0.295. The van der Waals surface area contributed by atoms with Crippen molar-refractivity contribution < 1.29 is 9.59 Å². The van der Waals surface area contributed by atoms with E-state index in [1.54, 1.807) is 73.2 Å². The van der Waals surface area contributed by atoms with Gasteiger partial charge in [-0.3, -0.25) is 19.6 Å². The lowest BCUT2D eigenvalue weighted by Crippen LogP contribution is -2.20. The first-order valence-corrected chi connectivity index (χ1v) is 10.9. The highest BCUT2D eigenvalue weighted by Gasteiger charge is 2.16. The van der Waals surface area contributed by atoms with Gasteiger partial charge in [-0.1, -0.05) is 17.7 Å². The summed E-state index contributed by atoms with van der Waals surface area (Å²) in [4.78, 5) is 33.8. The number of anilines is 2. The van der Waals surface area contributed by atoms with Crippen LogP contribution < -0.4 is 8.43 Å². The van der Waals surface area contributed by atoms with Gasteiger partial charge >= 0.3 is 0 Å². The lowest BCUT2D eigenvalue weighted by molar-refractivity contribution is 0.100. The largest absolute Gasteiger partial charge is 0.322 e. The van der Waals surface area contributed by atoms with E-state index >= 15 is 0 Å². The average molecular weight is 555 g/mol. The van der Waals surface area contributed by atoms with Crippen LogP contribution in [0.15, 0.2) is 91.4 Å². The van der Waals surface area contributed by atoms with E-state index in [2.05, 4.69) is 15.3 Å². The van der Waals surface area contributed by atoms with E-state index in [9.17, 15) is 9.59 Å². The number of aromatic nitrogens is 2. The van der Waals surface area contributed by atoms with Gasteiger partial charge in [-0.25, -0.2) is 3.11 Å². The minimum absolute atomic E-state index is 0.205. The zero-order chi connectivity index (χ0) is 22.5. The molecule has 0 atom stereocenters. The van der Waals surface area contributed by atoms with E-state index in [1.807, 2.05) is 41.1 Å². The van der Waals surface area contributed by atoms with Gasteiger partial charge in [-0.15, -0.1) is 0 Å². The van der Waals surface area contributed by atoms with E-state index < -0.39 is 0 Å². The van der Waals surface area contributed by atoms with Crippen LogP contribution in [-0.2, 0) is 0 Å². The van der Waals surface area contributed by atoms with Gasteiger partial charge in [0.2, 0.25) is 0 Å². The molecule has 2 amide bonds. The van der Waals surface area contributed by atoms with Crippen LogP contribution in [0, 0.1) is 0 Å². The molecule has 6 nitrogen and oxygen atoms in total. The number of nitrogens with one attached hydrogen (secondary N) is 1. The third-order valence-corrected chi connectivity index (χ3v) is 5.93. The van der Waals surface area contributed by atoms with Gasteiger partial charge < -0.3 is 5.32 Å². The molecule has 32 heavy (non-hydrogen) atoms. The summed E-state index contributed by atoms with van der Waals surface area (Å²) in [6.45, 7) is 0. The number of amides is 2. The van der Waals surface area contributed by atoms with Gasteiger partial charge in [0.15, 0.2) is 0 Å². The summed E-state index contributed by atoms with van der Waals surface area (Å²) in [6, 6.07) is 20.8. The number of rotatable bonds is 5. The van der Waals surface area contributed by atoms with Crippen LogP contribution in [0.2, 0.25) is 5.02 Å². The molecular formula is C24H16ClIN4O2. The Morgan fingerprint density at radius 2 is 1.69 bits per heavy atom. The van der Waals surface area contributed by atoms with Crippen molar-refractivity contribution in [3.05, 3.63) is 108 Å². The number of benzene rings is 2. The molecule has 0 bridgehead atoms. The van der Waals surface area contributed by atoms with Crippen LogP contribution in [0.4, 0.5) is 11.4 Å². The molecule has 2 aromatic carbocycles. The van der Waals surface area contributed by atoms with Crippen LogP contribution in [0.25, 0.3) is 11.3 Å². The normalized spacial score (nSPS) is 10.4. The Hall–Kier alpha value is -3.30. The number of pyridine rings is 2. The first-order chi connectivity index (χ1) is 15.5. The summed E-state index contributed by atoms with van der Waals surface area (Å²) in [5, 5.41) is 3.41. The fraction of sp³-hybridized carbons (Fsp3) is 0. The Morgan fingerprint density at radius 1 is 0.906 bits per heavy atom. The molecule has 0 radical (unpaired) electrons. The standard InChI is InChI=1S/C24H16ClIN4O2/c25-21-11-10-18(14-20(21)22-5-1-2-13-28-22)29-23(31)16-6-8-17(9-7-16)24(32)30(26)19-4-3-12-27-15-19/h1-15H,(H,29,31). The van der Waals surface area contributed by atoms with Crippen molar-refractivity contribution in [3.8, 4) is 11.3 Å². The predicted molar refractivity (Wildman–Crippen MR) is 134 cm³/mol. The lowest BCUT2D eigenvalue weighted by atomic mass is 10.1. The van der Waals surface area contributed by atoms with Crippen LogP contribution in [0.1, 0.15) is 20.7 Å². The molecule has 0 saturated heterocycles. The Kier molecular flexibility index (Phi) is 6.77. The molecule has 0 saturated carbocycles. The minimum Gasteiger partial charge on any atom is -0.322 e. The molecule has 4 aromatic rings. The molecule has 1 N–H and O–H groups in total. The number of carbonyl (C=O) groups excluding carboxylic acids is 2. The van der Waals surface area contributed by atoms with Crippen LogP contribution >= 0.6 is 34.5 Å². The highest BCUT2D eigenvalue weighted by atomic mass is 127. The number of hydrogen-bond donors (Lipinski definition) is 1. The summed E-state index contributed by atoms with van der Waals surface area (Å²) >= 11 is 8.24. The monoisotopic (exact) mass is 554 g/mol. The maximum absolute atomic E-state index is 12.7. The van der Waals surface area contributed by atoms with Crippen LogP contribution in [0.5, 0.6) is 0 Å². The Labute approximate surface area is 203 Å². The van der Waals surface area contributed by atoms with E-state index in [4.69, 9.17) is 11.6 Å². The molecule has 4 rings (SSSR count). The van der Waals surface area contributed by atoms with Crippen molar-refractivity contribution in [2.45, 2.75) is 0 Å². The van der Waals surface area contributed by atoms with E-state index in [1.165, 1.54) is 3.11 Å². The number of hydrogen-bond acceptors (Lipinski definition) is 4. The second-order valence-electron chi connectivity index (χ2n) is 6.74. The Morgan fingerprint density at radius 3 is 2.38 bits per heavy atom. The maximum atomic E-state index is 12.7. The highest BCUT2D eigenvalue weighted by molar-refractivity contribution is 14.1. The summed E-state index contributed by atoms with van der Waals surface area (Å²) in [5.74, 6) is -0.500.